The Balaban J connectivity index is 2.08. The van der Waals surface area contributed by atoms with Gasteiger partial charge in [-0.1, -0.05) is 6.42 Å². The third-order valence-corrected chi connectivity index (χ3v) is 3.05. The average Bonchev–Trinajstić information content (AvgIpc) is 2.33. The molecule has 0 atom stereocenters. The number of carboxylic acids is 1. The lowest BCUT2D eigenvalue weighted by atomic mass is 9.98. The fourth-order valence-corrected chi connectivity index (χ4v) is 2.11. The smallest absolute Gasteiger partial charge is 0.335 e. The highest BCUT2D eigenvalue weighted by Crippen LogP contribution is 2.30. The predicted octanol–water partition coefficient (Wildman–Crippen LogP) is 2.80. The van der Waals surface area contributed by atoms with Crippen molar-refractivity contribution in [3.63, 3.8) is 0 Å². The number of hydrogen-bond donors (Lipinski definition) is 2. The van der Waals surface area contributed by atoms with Crippen LogP contribution in [0.2, 0.25) is 0 Å². The van der Waals surface area contributed by atoms with E-state index < -0.39 is 5.97 Å². The zero-order chi connectivity index (χ0) is 12.3. The van der Waals surface area contributed by atoms with Crippen molar-refractivity contribution in [1.29, 1.82) is 0 Å². The molecular formula is C13H16O4. The monoisotopic (exact) mass is 236 g/mol. The van der Waals surface area contributed by atoms with Crippen molar-refractivity contribution < 1.29 is 19.7 Å². The molecule has 0 unspecified atom stereocenters. The van der Waals surface area contributed by atoms with Crippen molar-refractivity contribution in [2.24, 2.45) is 0 Å². The van der Waals surface area contributed by atoms with Crippen molar-refractivity contribution >= 4 is 5.97 Å². The Kier molecular flexibility index (Phi) is 3.52. The van der Waals surface area contributed by atoms with Gasteiger partial charge in [0.05, 0.1) is 11.7 Å². The Bertz CT molecular complexity index is 408. The van der Waals surface area contributed by atoms with Crippen molar-refractivity contribution in [3.8, 4) is 11.5 Å². The molecule has 1 fully saturated rings. The van der Waals surface area contributed by atoms with Crippen LogP contribution in [0.5, 0.6) is 11.5 Å². The maximum Gasteiger partial charge on any atom is 0.335 e. The molecule has 0 spiro atoms. The lowest BCUT2D eigenvalue weighted by Gasteiger charge is -2.23. The Labute approximate surface area is 99.8 Å². The molecule has 2 rings (SSSR count). The third-order valence-electron chi connectivity index (χ3n) is 3.05. The van der Waals surface area contributed by atoms with E-state index in [1.165, 1.54) is 24.6 Å². The second-order valence-electron chi connectivity index (χ2n) is 4.37. The quantitative estimate of drug-likeness (QED) is 0.846. The molecule has 1 aromatic rings. The van der Waals surface area contributed by atoms with Crippen LogP contribution >= 0.6 is 0 Å². The Hall–Kier alpha value is -1.71. The summed E-state index contributed by atoms with van der Waals surface area (Å²) in [5.74, 6) is -0.776. The first kappa shape index (κ1) is 11.8. The number of carboxylic acid groups (broad SMARTS) is 1. The highest BCUT2D eigenvalue weighted by Gasteiger charge is 2.17. The molecular weight excluding hydrogens is 220 g/mol. The Morgan fingerprint density at radius 2 is 1.94 bits per heavy atom. The second-order valence-corrected chi connectivity index (χ2v) is 4.37. The van der Waals surface area contributed by atoms with Gasteiger partial charge in [-0.3, -0.25) is 0 Å². The largest absolute Gasteiger partial charge is 0.504 e. The summed E-state index contributed by atoms with van der Waals surface area (Å²) in [7, 11) is 0. The molecule has 1 saturated carbocycles. The molecule has 0 amide bonds. The molecule has 4 nitrogen and oxygen atoms in total. The van der Waals surface area contributed by atoms with Crippen LogP contribution in [0, 0.1) is 0 Å². The van der Waals surface area contributed by atoms with Gasteiger partial charge < -0.3 is 14.9 Å². The van der Waals surface area contributed by atoms with Crippen LogP contribution in [0.15, 0.2) is 18.2 Å². The molecule has 17 heavy (non-hydrogen) atoms. The number of phenols is 1. The van der Waals surface area contributed by atoms with Gasteiger partial charge in [0.1, 0.15) is 0 Å². The standard InChI is InChI=1S/C13H16O4/c14-11-8-9(13(15)16)6-7-12(11)17-10-4-2-1-3-5-10/h6-8,10,14H,1-5H2,(H,15,16). The van der Waals surface area contributed by atoms with E-state index in [2.05, 4.69) is 0 Å². The van der Waals surface area contributed by atoms with E-state index >= 15 is 0 Å². The lowest BCUT2D eigenvalue weighted by molar-refractivity contribution is 0.0696. The number of ether oxygens (including phenoxy) is 1. The molecule has 0 bridgehead atoms. The molecule has 1 aliphatic carbocycles. The van der Waals surface area contributed by atoms with Crippen molar-refractivity contribution in [2.45, 2.75) is 38.2 Å². The minimum atomic E-state index is -1.05. The van der Waals surface area contributed by atoms with Gasteiger partial charge in [-0.25, -0.2) is 4.79 Å². The van der Waals surface area contributed by atoms with E-state index in [0.717, 1.165) is 25.7 Å². The van der Waals surface area contributed by atoms with Gasteiger partial charge in [0.2, 0.25) is 0 Å². The summed E-state index contributed by atoms with van der Waals surface area (Å²) in [6, 6.07) is 4.19. The summed E-state index contributed by atoms with van der Waals surface area (Å²) in [6.07, 6.45) is 5.69. The molecule has 2 N–H and O–H groups in total. The number of rotatable bonds is 3. The van der Waals surface area contributed by atoms with Crippen LogP contribution in [0.3, 0.4) is 0 Å². The number of benzene rings is 1. The second kappa shape index (κ2) is 5.08. The molecule has 92 valence electrons. The maximum atomic E-state index is 10.7. The van der Waals surface area contributed by atoms with Crippen LogP contribution in [0.1, 0.15) is 42.5 Å². The zero-order valence-corrected chi connectivity index (χ0v) is 9.56. The summed E-state index contributed by atoms with van der Waals surface area (Å²) in [5, 5.41) is 18.5. The summed E-state index contributed by atoms with van der Waals surface area (Å²) in [6.45, 7) is 0. The van der Waals surface area contributed by atoms with Crippen LogP contribution in [0.25, 0.3) is 0 Å². The number of aromatic carboxylic acids is 1. The van der Waals surface area contributed by atoms with E-state index in [4.69, 9.17) is 9.84 Å². The van der Waals surface area contributed by atoms with Gasteiger partial charge in [-0.05, 0) is 43.9 Å². The maximum absolute atomic E-state index is 10.7. The molecule has 0 aliphatic heterocycles. The summed E-state index contributed by atoms with van der Waals surface area (Å²) < 4.78 is 5.68. The van der Waals surface area contributed by atoms with E-state index in [1.54, 1.807) is 0 Å². The summed E-state index contributed by atoms with van der Waals surface area (Å²) in [5.41, 5.74) is 0.0681. The highest BCUT2D eigenvalue weighted by molar-refractivity contribution is 5.88. The number of aromatic hydroxyl groups is 1. The number of hydrogen-bond acceptors (Lipinski definition) is 3. The van der Waals surface area contributed by atoms with Crippen LogP contribution < -0.4 is 4.74 Å². The fraction of sp³-hybridized carbons (Fsp3) is 0.462. The van der Waals surface area contributed by atoms with Gasteiger partial charge in [0, 0.05) is 0 Å². The van der Waals surface area contributed by atoms with Gasteiger partial charge in [0.25, 0.3) is 0 Å². The van der Waals surface area contributed by atoms with Crippen molar-refractivity contribution in [2.75, 3.05) is 0 Å². The minimum Gasteiger partial charge on any atom is -0.504 e. The van der Waals surface area contributed by atoms with E-state index in [0.29, 0.717) is 5.75 Å². The summed E-state index contributed by atoms with van der Waals surface area (Å²) >= 11 is 0. The van der Waals surface area contributed by atoms with E-state index in [-0.39, 0.29) is 17.4 Å². The topological polar surface area (TPSA) is 66.8 Å². The molecule has 0 aromatic heterocycles. The molecule has 0 saturated heterocycles. The number of phenolic OH excluding ortho intramolecular Hbond substituents is 1. The molecule has 1 aromatic carbocycles. The van der Waals surface area contributed by atoms with Crippen LogP contribution in [-0.4, -0.2) is 22.3 Å². The lowest BCUT2D eigenvalue weighted by Crippen LogP contribution is -2.19. The normalized spacial score (nSPS) is 16.7. The van der Waals surface area contributed by atoms with E-state index in [9.17, 15) is 9.90 Å². The first-order valence-electron chi connectivity index (χ1n) is 5.90. The molecule has 1 aliphatic rings. The first-order valence-corrected chi connectivity index (χ1v) is 5.90. The Morgan fingerprint density at radius 3 is 2.53 bits per heavy atom. The first-order chi connectivity index (χ1) is 8.16. The van der Waals surface area contributed by atoms with Gasteiger partial charge in [0.15, 0.2) is 11.5 Å². The molecule has 0 radical (unpaired) electrons. The van der Waals surface area contributed by atoms with Crippen LogP contribution in [-0.2, 0) is 0 Å². The fourth-order valence-electron chi connectivity index (χ4n) is 2.11. The van der Waals surface area contributed by atoms with Crippen molar-refractivity contribution in [1.82, 2.24) is 0 Å². The highest BCUT2D eigenvalue weighted by atomic mass is 16.5. The van der Waals surface area contributed by atoms with Crippen molar-refractivity contribution in [3.05, 3.63) is 23.8 Å². The average molecular weight is 236 g/mol. The summed E-state index contributed by atoms with van der Waals surface area (Å²) in [4.78, 5) is 10.7. The third kappa shape index (κ3) is 2.90. The predicted molar refractivity (Wildman–Crippen MR) is 62.6 cm³/mol. The van der Waals surface area contributed by atoms with Crippen LogP contribution in [0.4, 0.5) is 0 Å². The number of carbonyl (C=O) groups is 1. The minimum absolute atomic E-state index is 0.0681. The SMILES string of the molecule is O=C(O)c1ccc(OC2CCCCC2)c(O)c1. The van der Waals surface area contributed by atoms with Gasteiger partial charge in [-0.2, -0.15) is 0 Å². The van der Waals surface area contributed by atoms with E-state index in [1.807, 2.05) is 0 Å². The molecule has 4 heteroatoms. The Morgan fingerprint density at radius 1 is 1.24 bits per heavy atom. The van der Waals surface area contributed by atoms with Gasteiger partial charge >= 0.3 is 5.97 Å². The zero-order valence-electron chi connectivity index (χ0n) is 9.56. The molecule has 0 heterocycles. The van der Waals surface area contributed by atoms with Gasteiger partial charge in [-0.15, -0.1) is 0 Å².